The lowest BCUT2D eigenvalue weighted by Gasteiger charge is -2.50. The van der Waals surface area contributed by atoms with Gasteiger partial charge in [0.05, 0.1) is 56.4 Å². The van der Waals surface area contributed by atoms with Gasteiger partial charge in [-0.05, 0) is 43.4 Å². The summed E-state index contributed by atoms with van der Waals surface area (Å²) >= 11 is 3.51. The fourth-order valence-electron chi connectivity index (χ4n) is 7.21. The van der Waals surface area contributed by atoms with Gasteiger partial charge in [-0.1, -0.05) is 76.7 Å². The highest BCUT2D eigenvalue weighted by Crippen LogP contribution is 2.40. The predicted octanol–water partition coefficient (Wildman–Crippen LogP) is 4.10. The molecule has 6 heterocycles. The molecule has 2 fully saturated rings. The van der Waals surface area contributed by atoms with Crippen molar-refractivity contribution in [1.29, 1.82) is 0 Å². The Hall–Kier alpha value is -1.70. The van der Waals surface area contributed by atoms with Crippen molar-refractivity contribution in [3.63, 3.8) is 0 Å². The van der Waals surface area contributed by atoms with Crippen molar-refractivity contribution < 1.29 is 43.4 Å². The fourth-order valence-corrected chi connectivity index (χ4v) is 7.48. The fraction of sp³-hybridized carbons (Fsp3) is 0.600. The first-order chi connectivity index (χ1) is 22.1. The van der Waals surface area contributed by atoms with Gasteiger partial charge in [0.2, 0.25) is 0 Å². The molecule has 0 spiro atoms. The minimum Gasteiger partial charge on any atom is -0.394 e. The number of fused-ring (bicyclic) bond motifs is 5. The Kier molecular flexibility index (Phi) is 10.3. The minimum atomic E-state index is -0.777. The molecule has 13 atom stereocenters. The van der Waals surface area contributed by atoms with Crippen molar-refractivity contribution >= 4 is 15.9 Å². The molecule has 7 rings (SSSR count). The van der Waals surface area contributed by atoms with Crippen LogP contribution in [-0.2, 0) is 39.8 Å². The summed E-state index contributed by atoms with van der Waals surface area (Å²) in [4.78, 5) is 0. The van der Waals surface area contributed by atoms with Gasteiger partial charge in [-0.3, -0.25) is 0 Å². The van der Waals surface area contributed by atoms with E-state index in [1.54, 1.807) is 0 Å². The van der Waals surface area contributed by atoms with E-state index in [4.69, 9.17) is 33.2 Å². The average Bonchev–Trinajstić information content (AvgIpc) is 3.34. The van der Waals surface area contributed by atoms with Gasteiger partial charge in [0.15, 0.2) is 0 Å². The van der Waals surface area contributed by atoms with E-state index in [9.17, 15) is 10.2 Å². The Morgan fingerprint density at radius 3 is 2.22 bits per heavy atom. The number of halogens is 1. The molecule has 0 radical (unpaired) electrons. The van der Waals surface area contributed by atoms with Gasteiger partial charge in [-0.25, -0.2) is 0 Å². The minimum absolute atomic E-state index is 0.128. The standard InChI is InChI=1S/C35H43BrO9/c36-22-13-11-21(12-14-22)20-40-35-33-29(8-3-4-17-39-33)44-31-18-30-28(45-34(31)35)16-15-27-26(42-30)10-5-9-25-24(41-27)7-2-1-6-23(38)32(19-37)43-25/h1-5,9,11-16,23-35,37-38H,6-8,10,17-20H2/b2-1-,9-5-/t23-,24+,25-,26+,27-,28+,29-,30-,31+,32+,33-,34+,35+/m0/s1. The molecule has 6 aliphatic rings. The van der Waals surface area contributed by atoms with Gasteiger partial charge >= 0.3 is 0 Å². The normalized spacial score (nSPS) is 44.4. The molecule has 9 nitrogen and oxygen atoms in total. The maximum atomic E-state index is 10.5. The van der Waals surface area contributed by atoms with Gasteiger partial charge in [-0.15, -0.1) is 0 Å². The van der Waals surface area contributed by atoms with Crippen molar-refractivity contribution in [1.82, 2.24) is 0 Å². The summed E-state index contributed by atoms with van der Waals surface area (Å²) in [5.74, 6) is 0. The van der Waals surface area contributed by atoms with Crippen molar-refractivity contribution in [3.8, 4) is 0 Å². The zero-order chi connectivity index (χ0) is 30.8. The van der Waals surface area contributed by atoms with Crippen LogP contribution in [0.4, 0.5) is 0 Å². The zero-order valence-electron chi connectivity index (χ0n) is 25.2. The lowest BCUT2D eigenvalue weighted by molar-refractivity contribution is -0.295. The maximum Gasteiger partial charge on any atom is 0.115 e. The van der Waals surface area contributed by atoms with Gasteiger partial charge in [0.1, 0.15) is 42.7 Å². The van der Waals surface area contributed by atoms with Crippen LogP contribution < -0.4 is 0 Å². The van der Waals surface area contributed by atoms with E-state index in [2.05, 4.69) is 52.4 Å². The van der Waals surface area contributed by atoms with Gasteiger partial charge in [0.25, 0.3) is 0 Å². The molecule has 10 heteroatoms. The van der Waals surface area contributed by atoms with Crippen molar-refractivity contribution in [2.24, 2.45) is 0 Å². The predicted molar refractivity (Wildman–Crippen MR) is 169 cm³/mol. The first-order valence-electron chi connectivity index (χ1n) is 16.2. The molecule has 0 aliphatic carbocycles. The molecular weight excluding hydrogens is 644 g/mol. The van der Waals surface area contributed by atoms with Gasteiger partial charge in [0, 0.05) is 10.9 Å². The topological polar surface area (TPSA) is 105 Å². The van der Waals surface area contributed by atoms with Crippen LogP contribution in [0.25, 0.3) is 0 Å². The van der Waals surface area contributed by atoms with E-state index in [1.807, 2.05) is 36.4 Å². The third-order valence-corrected chi connectivity index (χ3v) is 10.1. The third-order valence-electron chi connectivity index (χ3n) is 9.60. The van der Waals surface area contributed by atoms with Crippen LogP contribution >= 0.6 is 15.9 Å². The van der Waals surface area contributed by atoms with Crippen LogP contribution in [0.15, 0.2) is 77.3 Å². The molecule has 2 N–H and O–H groups in total. The van der Waals surface area contributed by atoms with Crippen LogP contribution in [-0.4, -0.2) is 103 Å². The van der Waals surface area contributed by atoms with Gasteiger partial charge < -0.3 is 43.4 Å². The molecule has 1 aromatic rings. The molecule has 2 saturated heterocycles. The number of ether oxygens (including phenoxy) is 7. The Morgan fingerprint density at radius 2 is 1.38 bits per heavy atom. The smallest absolute Gasteiger partial charge is 0.115 e. The van der Waals surface area contributed by atoms with Crippen molar-refractivity contribution in [2.45, 2.75) is 118 Å². The van der Waals surface area contributed by atoms with Crippen LogP contribution in [0.3, 0.4) is 0 Å². The van der Waals surface area contributed by atoms with Crippen LogP contribution in [0, 0.1) is 0 Å². The SMILES string of the molecule is OC[C@H]1O[C@H]2/C=C\C[C@H]3O[C@H]4C[C@H]5O[C@H]6CC=CCO[C@@H]6[C@@H](OCc6ccc(Br)cc6)[C@@H]5O[C@@H]4C=C[C@@H]3O[C@@H]2C/C=C\C[C@@H]1O. The number of benzene rings is 1. The second-order valence-electron chi connectivity index (χ2n) is 12.7. The largest absolute Gasteiger partial charge is 0.394 e. The Balaban J connectivity index is 1.10. The first kappa shape index (κ1) is 31.9. The zero-order valence-corrected chi connectivity index (χ0v) is 26.8. The highest BCUT2D eigenvalue weighted by Gasteiger charge is 2.53. The number of aliphatic hydroxyl groups is 2. The van der Waals surface area contributed by atoms with Crippen LogP contribution in [0.5, 0.6) is 0 Å². The molecule has 0 aromatic heterocycles. The van der Waals surface area contributed by atoms with E-state index < -0.39 is 18.3 Å². The summed E-state index contributed by atoms with van der Waals surface area (Å²) in [6, 6.07) is 8.16. The monoisotopic (exact) mass is 686 g/mol. The molecule has 0 unspecified atom stereocenters. The van der Waals surface area contributed by atoms with E-state index in [1.165, 1.54) is 0 Å². The molecular formula is C35H43BrO9. The van der Waals surface area contributed by atoms with Crippen molar-refractivity contribution in [3.05, 3.63) is 82.9 Å². The quantitative estimate of drug-likeness (QED) is 0.453. The maximum absolute atomic E-state index is 10.5. The van der Waals surface area contributed by atoms with Crippen molar-refractivity contribution in [2.75, 3.05) is 13.2 Å². The third kappa shape index (κ3) is 7.26. The molecule has 1 aromatic carbocycles. The van der Waals surface area contributed by atoms with Crippen LogP contribution in [0.2, 0.25) is 0 Å². The van der Waals surface area contributed by atoms with E-state index >= 15 is 0 Å². The van der Waals surface area contributed by atoms with Gasteiger partial charge in [-0.2, -0.15) is 0 Å². The summed E-state index contributed by atoms with van der Waals surface area (Å²) < 4.78 is 47.1. The highest BCUT2D eigenvalue weighted by atomic mass is 79.9. The molecule has 6 aliphatic heterocycles. The van der Waals surface area contributed by atoms with E-state index in [0.717, 1.165) is 16.5 Å². The summed E-state index contributed by atoms with van der Waals surface area (Å²) in [5.41, 5.74) is 1.08. The first-order valence-corrected chi connectivity index (χ1v) is 17.0. The summed E-state index contributed by atoms with van der Waals surface area (Å²) in [6.07, 6.45) is 15.0. The summed E-state index contributed by atoms with van der Waals surface area (Å²) in [6.45, 7) is 0.702. The molecule has 45 heavy (non-hydrogen) atoms. The number of hydrogen-bond acceptors (Lipinski definition) is 9. The van der Waals surface area contributed by atoms with E-state index in [0.29, 0.717) is 38.9 Å². The Labute approximate surface area is 272 Å². The second kappa shape index (κ2) is 14.6. The van der Waals surface area contributed by atoms with E-state index in [-0.39, 0.29) is 67.6 Å². The average molecular weight is 688 g/mol. The Bertz CT molecular complexity index is 1250. The Morgan fingerprint density at radius 1 is 0.689 bits per heavy atom. The number of hydrogen-bond donors (Lipinski definition) is 2. The highest BCUT2D eigenvalue weighted by molar-refractivity contribution is 9.10. The molecule has 0 bridgehead atoms. The second-order valence-corrected chi connectivity index (χ2v) is 13.6. The summed E-state index contributed by atoms with van der Waals surface area (Å²) in [7, 11) is 0. The summed E-state index contributed by atoms with van der Waals surface area (Å²) in [5, 5.41) is 20.3. The lowest BCUT2D eigenvalue weighted by atomic mass is 9.87. The number of rotatable bonds is 4. The van der Waals surface area contributed by atoms with Crippen LogP contribution in [0.1, 0.15) is 37.7 Å². The molecule has 0 saturated carbocycles. The molecule has 0 amide bonds. The molecule has 244 valence electrons. The number of aliphatic hydroxyl groups excluding tert-OH is 2. The lowest BCUT2D eigenvalue weighted by Crippen LogP contribution is -2.64.